The smallest absolute Gasteiger partial charge is 0.338 e. The third kappa shape index (κ3) is 4.37. The lowest BCUT2D eigenvalue weighted by Gasteiger charge is -2.31. The summed E-state index contributed by atoms with van der Waals surface area (Å²) in [4.78, 5) is 31.3. The number of carbonyl (C=O) groups excluding carboxylic acids is 2. The zero-order chi connectivity index (χ0) is 22.9. The highest BCUT2D eigenvalue weighted by atomic mass is 32.2. The Morgan fingerprint density at radius 1 is 1.06 bits per heavy atom. The lowest BCUT2D eigenvalue weighted by molar-refractivity contribution is 0.0597. The Kier molecular flexibility index (Phi) is 6.24. The zero-order valence-corrected chi connectivity index (χ0v) is 19.2. The minimum atomic E-state index is -3.60. The second-order valence-corrected chi connectivity index (χ2v) is 10.3. The number of rotatable bonds is 5. The van der Waals surface area contributed by atoms with Crippen LogP contribution in [0.15, 0.2) is 47.4 Å². The maximum atomic E-state index is 13.0. The number of nitrogens with zero attached hydrogens (tertiary/aromatic N) is 3. The molecule has 3 aromatic rings. The molecule has 0 aliphatic carbocycles. The number of esters is 1. The molecule has 1 N–H and O–H groups in total. The van der Waals surface area contributed by atoms with E-state index < -0.39 is 21.9 Å². The van der Waals surface area contributed by atoms with E-state index in [0.717, 1.165) is 0 Å². The number of benzene rings is 2. The van der Waals surface area contributed by atoms with E-state index >= 15 is 0 Å². The number of anilines is 1. The standard InChI is InChI=1S/C21H22N4O5S2/c1-24-9-11-25(12-10-24)32(28,29)14-7-8-17-18(13-14)31-21(22-17)23-19(26)15-5-3-4-6-16(15)20(27)30-2/h3-8,13H,9-12H2,1-2H3,(H,22,23,26). The summed E-state index contributed by atoms with van der Waals surface area (Å²) in [5.41, 5.74) is 0.884. The normalized spacial score (nSPS) is 15.6. The number of hydrogen-bond donors (Lipinski definition) is 1. The topological polar surface area (TPSA) is 109 Å². The lowest BCUT2D eigenvalue weighted by Crippen LogP contribution is -2.46. The number of piperazine rings is 1. The van der Waals surface area contributed by atoms with Crippen LogP contribution < -0.4 is 5.32 Å². The first kappa shape index (κ1) is 22.3. The highest BCUT2D eigenvalue weighted by Gasteiger charge is 2.28. The van der Waals surface area contributed by atoms with Gasteiger partial charge in [-0.2, -0.15) is 4.31 Å². The summed E-state index contributed by atoms with van der Waals surface area (Å²) in [6.45, 7) is 2.26. The van der Waals surface area contributed by atoms with Crippen LogP contribution in [0.2, 0.25) is 0 Å². The minimum Gasteiger partial charge on any atom is -0.465 e. The summed E-state index contributed by atoms with van der Waals surface area (Å²) < 4.78 is 32.9. The van der Waals surface area contributed by atoms with E-state index in [2.05, 4.69) is 15.2 Å². The van der Waals surface area contributed by atoms with Crippen LogP contribution in [-0.2, 0) is 14.8 Å². The summed E-state index contributed by atoms with van der Waals surface area (Å²) in [6.07, 6.45) is 0. The summed E-state index contributed by atoms with van der Waals surface area (Å²) in [7, 11) is -0.392. The number of nitrogens with one attached hydrogen (secondary N) is 1. The largest absolute Gasteiger partial charge is 0.465 e. The second-order valence-electron chi connectivity index (χ2n) is 7.35. The van der Waals surface area contributed by atoms with Gasteiger partial charge in [0, 0.05) is 26.2 Å². The Labute approximate surface area is 189 Å². The van der Waals surface area contributed by atoms with Crippen molar-refractivity contribution < 1.29 is 22.7 Å². The van der Waals surface area contributed by atoms with Gasteiger partial charge in [-0.15, -0.1) is 0 Å². The summed E-state index contributed by atoms with van der Waals surface area (Å²) in [5, 5.41) is 2.99. The molecule has 32 heavy (non-hydrogen) atoms. The Morgan fingerprint density at radius 2 is 1.75 bits per heavy atom. The van der Waals surface area contributed by atoms with Gasteiger partial charge in [0.05, 0.1) is 33.3 Å². The van der Waals surface area contributed by atoms with Crippen molar-refractivity contribution in [2.24, 2.45) is 0 Å². The fraction of sp³-hybridized carbons (Fsp3) is 0.286. The third-order valence-corrected chi connectivity index (χ3v) is 8.09. The molecule has 1 aliphatic rings. The van der Waals surface area contributed by atoms with Gasteiger partial charge in [0.25, 0.3) is 5.91 Å². The number of fused-ring (bicyclic) bond motifs is 1. The molecule has 168 valence electrons. The molecule has 0 unspecified atom stereocenters. The average molecular weight is 475 g/mol. The van der Waals surface area contributed by atoms with Crippen LogP contribution in [0.25, 0.3) is 10.2 Å². The molecule has 0 bridgehead atoms. The summed E-state index contributed by atoms with van der Waals surface area (Å²) in [6, 6.07) is 11.1. The van der Waals surface area contributed by atoms with Gasteiger partial charge in [-0.05, 0) is 37.4 Å². The van der Waals surface area contributed by atoms with Gasteiger partial charge in [-0.3, -0.25) is 10.1 Å². The predicted octanol–water partition coefficient (Wildman–Crippen LogP) is 2.27. The van der Waals surface area contributed by atoms with Gasteiger partial charge in [0.2, 0.25) is 10.0 Å². The van der Waals surface area contributed by atoms with E-state index in [4.69, 9.17) is 4.74 Å². The first-order valence-electron chi connectivity index (χ1n) is 9.87. The van der Waals surface area contributed by atoms with E-state index in [1.807, 2.05) is 7.05 Å². The summed E-state index contributed by atoms with van der Waals surface area (Å²) >= 11 is 1.17. The molecule has 4 rings (SSSR count). The monoisotopic (exact) mass is 474 g/mol. The van der Waals surface area contributed by atoms with E-state index in [-0.39, 0.29) is 16.0 Å². The Balaban J connectivity index is 1.58. The van der Waals surface area contributed by atoms with E-state index in [9.17, 15) is 18.0 Å². The van der Waals surface area contributed by atoms with Crippen molar-refractivity contribution in [2.75, 3.05) is 45.7 Å². The number of methoxy groups -OCH3 is 1. The maximum absolute atomic E-state index is 13.0. The molecule has 9 nitrogen and oxygen atoms in total. The molecular formula is C21H22N4O5S2. The van der Waals surface area contributed by atoms with Gasteiger partial charge >= 0.3 is 5.97 Å². The van der Waals surface area contributed by atoms with Crippen molar-refractivity contribution in [3.05, 3.63) is 53.6 Å². The number of sulfonamides is 1. The number of carbonyl (C=O) groups is 2. The molecule has 0 atom stereocenters. The molecule has 1 fully saturated rings. The molecule has 1 amide bonds. The Bertz CT molecular complexity index is 1280. The van der Waals surface area contributed by atoms with Crippen LogP contribution in [0.5, 0.6) is 0 Å². The average Bonchev–Trinajstić information content (AvgIpc) is 3.20. The van der Waals surface area contributed by atoms with Crippen molar-refractivity contribution in [3.63, 3.8) is 0 Å². The Hall–Kier alpha value is -2.86. The van der Waals surface area contributed by atoms with Crippen molar-refractivity contribution in [3.8, 4) is 0 Å². The van der Waals surface area contributed by atoms with Crippen molar-refractivity contribution in [1.29, 1.82) is 0 Å². The lowest BCUT2D eigenvalue weighted by atomic mass is 10.1. The van der Waals surface area contributed by atoms with Crippen LogP contribution in [0, 0.1) is 0 Å². The minimum absolute atomic E-state index is 0.147. The zero-order valence-electron chi connectivity index (χ0n) is 17.6. The van der Waals surface area contributed by atoms with E-state index in [1.165, 1.54) is 41.0 Å². The van der Waals surface area contributed by atoms with Crippen LogP contribution in [-0.4, -0.2) is 74.8 Å². The van der Waals surface area contributed by atoms with Crippen LogP contribution >= 0.6 is 11.3 Å². The predicted molar refractivity (Wildman–Crippen MR) is 122 cm³/mol. The molecule has 1 aromatic heterocycles. The van der Waals surface area contributed by atoms with Crippen LogP contribution in [0.1, 0.15) is 20.7 Å². The Morgan fingerprint density at radius 3 is 2.44 bits per heavy atom. The molecular weight excluding hydrogens is 452 g/mol. The van der Waals surface area contributed by atoms with Gasteiger partial charge < -0.3 is 9.64 Å². The fourth-order valence-electron chi connectivity index (χ4n) is 3.43. The molecule has 11 heteroatoms. The number of aromatic nitrogens is 1. The van der Waals surface area contributed by atoms with Gasteiger partial charge in [0.15, 0.2) is 5.13 Å². The van der Waals surface area contributed by atoms with Crippen LogP contribution in [0.4, 0.5) is 5.13 Å². The molecule has 2 aromatic carbocycles. The van der Waals surface area contributed by atoms with Crippen LogP contribution in [0.3, 0.4) is 0 Å². The SMILES string of the molecule is COC(=O)c1ccccc1C(=O)Nc1nc2ccc(S(=O)(=O)N3CCN(C)CC3)cc2s1. The number of thiazole rings is 1. The quantitative estimate of drug-likeness (QED) is 0.565. The molecule has 2 heterocycles. The maximum Gasteiger partial charge on any atom is 0.338 e. The molecule has 1 saturated heterocycles. The van der Waals surface area contributed by atoms with Crippen molar-refractivity contribution >= 4 is 48.6 Å². The number of amides is 1. The summed E-state index contributed by atoms with van der Waals surface area (Å²) in [5.74, 6) is -1.12. The van der Waals surface area contributed by atoms with Crippen molar-refractivity contribution in [2.45, 2.75) is 4.90 Å². The highest BCUT2D eigenvalue weighted by molar-refractivity contribution is 7.89. The number of ether oxygens (including phenoxy) is 1. The van der Waals surface area contributed by atoms with Gasteiger partial charge in [0.1, 0.15) is 0 Å². The molecule has 1 aliphatic heterocycles. The number of likely N-dealkylation sites (N-methyl/N-ethyl adjacent to an activating group) is 1. The first-order chi connectivity index (χ1) is 15.3. The van der Waals surface area contributed by atoms with Crippen molar-refractivity contribution in [1.82, 2.24) is 14.2 Å². The fourth-order valence-corrected chi connectivity index (χ4v) is 5.85. The molecule has 0 radical (unpaired) electrons. The molecule has 0 spiro atoms. The number of hydrogen-bond acceptors (Lipinski definition) is 8. The highest BCUT2D eigenvalue weighted by Crippen LogP contribution is 2.30. The first-order valence-corrected chi connectivity index (χ1v) is 12.1. The molecule has 0 saturated carbocycles. The van der Waals surface area contributed by atoms with Gasteiger partial charge in [-0.1, -0.05) is 23.5 Å². The third-order valence-electron chi connectivity index (χ3n) is 5.26. The second kappa shape index (κ2) is 8.94. The van der Waals surface area contributed by atoms with E-state index in [0.29, 0.717) is 41.5 Å². The van der Waals surface area contributed by atoms with E-state index in [1.54, 1.807) is 24.3 Å². The van der Waals surface area contributed by atoms with Gasteiger partial charge in [-0.25, -0.2) is 18.2 Å².